The lowest BCUT2D eigenvalue weighted by molar-refractivity contribution is -0.132. The smallest absolute Gasteiger partial charge is 0.222 e. The fourth-order valence-corrected chi connectivity index (χ4v) is 2.30. The maximum Gasteiger partial charge on any atom is 0.222 e. The molecule has 1 amide bonds. The van der Waals surface area contributed by atoms with Gasteiger partial charge in [0, 0.05) is 32.6 Å². The molecule has 0 radical (unpaired) electrons. The number of hydrogen-bond donors (Lipinski definition) is 0. The minimum Gasteiger partial charge on any atom is -0.343 e. The van der Waals surface area contributed by atoms with Crippen molar-refractivity contribution in [1.29, 1.82) is 0 Å². The Morgan fingerprint density at radius 1 is 1.33 bits per heavy atom. The number of carbonyl (C=O) groups excluding carboxylic acids is 1. The highest BCUT2D eigenvalue weighted by atomic mass is 16.2. The van der Waals surface area contributed by atoms with Gasteiger partial charge >= 0.3 is 0 Å². The van der Waals surface area contributed by atoms with E-state index in [1.54, 1.807) is 0 Å². The van der Waals surface area contributed by atoms with Crippen LogP contribution in [0.1, 0.15) is 39.5 Å². The molecule has 0 unspecified atom stereocenters. The lowest BCUT2D eigenvalue weighted by Gasteiger charge is -2.36. The molecule has 0 atom stereocenters. The zero-order valence-electron chi connectivity index (χ0n) is 10.3. The molecule has 1 fully saturated rings. The van der Waals surface area contributed by atoms with E-state index in [0.29, 0.717) is 12.5 Å². The van der Waals surface area contributed by atoms with Gasteiger partial charge in [-0.3, -0.25) is 4.79 Å². The Labute approximate surface area is 93.4 Å². The number of likely N-dealkylation sites (tertiary alicyclic amines) is 1. The van der Waals surface area contributed by atoms with Crippen molar-refractivity contribution < 1.29 is 4.79 Å². The first-order valence-electron chi connectivity index (χ1n) is 6.17. The van der Waals surface area contributed by atoms with E-state index < -0.39 is 0 Å². The van der Waals surface area contributed by atoms with E-state index >= 15 is 0 Å². The van der Waals surface area contributed by atoms with Crippen molar-refractivity contribution in [2.75, 3.05) is 26.7 Å². The molecule has 0 spiro atoms. The molecule has 0 aromatic carbocycles. The van der Waals surface area contributed by atoms with Crippen LogP contribution in [-0.4, -0.2) is 48.4 Å². The quantitative estimate of drug-likeness (QED) is 0.708. The van der Waals surface area contributed by atoms with Gasteiger partial charge < -0.3 is 9.80 Å². The minimum atomic E-state index is 0.281. The number of rotatable bonds is 4. The van der Waals surface area contributed by atoms with E-state index in [-0.39, 0.29) is 5.91 Å². The predicted molar refractivity (Wildman–Crippen MR) is 62.8 cm³/mol. The van der Waals surface area contributed by atoms with Gasteiger partial charge in [-0.25, -0.2) is 0 Å². The van der Waals surface area contributed by atoms with E-state index in [0.717, 1.165) is 25.9 Å². The van der Waals surface area contributed by atoms with Gasteiger partial charge in [0.2, 0.25) is 5.91 Å². The van der Waals surface area contributed by atoms with Crippen LogP contribution in [0.25, 0.3) is 0 Å². The summed E-state index contributed by atoms with van der Waals surface area (Å²) in [5.41, 5.74) is 0. The van der Waals surface area contributed by atoms with Crippen molar-refractivity contribution in [3.8, 4) is 0 Å². The topological polar surface area (TPSA) is 23.6 Å². The Balaban J connectivity index is 2.33. The number of piperidine rings is 1. The van der Waals surface area contributed by atoms with Crippen molar-refractivity contribution >= 4 is 5.91 Å². The lowest BCUT2D eigenvalue weighted by Crippen LogP contribution is -2.45. The molecule has 0 saturated carbocycles. The number of nitrogens with zero attached hydrogens (tertiary/aromatic N) is 2. The molecule has 1 heterocycles. The molecule has 1 aliphatic rings. The molecule has 0 aliphatic carbocycles. The van der Waals surface area contributed by atoms with Crippen molar-refractivity contribution in [1.82, 2.24) is 9.80 Å². The fraction of sp³-hybridized carbons (Fsp3) is 0.917. The van der Waals surface area contributed by atoms with Gasteiger partial charge in [-0.1, -0.05) is 13.8 Å². The summed E-state index contributed by atoms with van der Waals surface area (Å²) in [6.45, 7) is 7.67. The van der Waals surface area contributed by atoms with Gasteiger partial charge in [-0.05, 0) is 25.8 Å². The van der Waals surface area contributed by atoms with Gasteiger partial charge in [-0.15, -0.1) is 0 Å². The summed E-state index contributed by atoms with van der Waals surface area (Å²) in [5, 5.41) is 0. The summed E-state index contributed by atoms with van der Waals surface area (Å²) < 4.78 is 0. The average Bonchev–Trinajstić information content (AvgIpc) is 2.28. The van der Waals surface area contributed by atoms with Gasteiger partial charge in [0.1, 0.15) is 0 Å². The summed E-state index contributed by atoms with van der Waals surface area (Å²) in [6, 6.07) is 0.477. The highest BCUT2D eigenvalue weighted by Gasteiger charge is 2.23. The van der Waals surface area contributed by atoms with Crippen molar-refractivity contribution in [2.24, 2.45) is 0 Å². The Hall–Kier alpha value is -0.570. The second kappa shape index (κ2) is 6.11. The molecule has 1 rings (SSSR count). The zero-order chi connectivity index (χ0) is 11.3. The van der Waals surface area contributed by atoms with Crippen molar-refractivity contribution in [3.63, 3.8) is 0 Å². The number of hydrogen-bond acceptors (Lipinski definition) is 2. The molecule has 0 N–H and O–H groups in total. The normalized spacial score (nSPS) is 19.1. The van der Waals surface area contributed by atoms with E-state index in [4.69, 9.17) is 0 Å². The van der Waals surface area contributed by atoms with Gasteiger partial charge in [0.15, 0.2) is 0 Å². The third kappa shape index (κ3) is 3.49. The molecule has 1 aliphatic heterocycles. The Morgan fingerprint density at radius 2 is 1.93 bits per heavy atom. The molecular weight excluding hydrogens is 188 g/mol. The lowest BCUT2D eigenvalue weighted by atomic mass is 10.0. The molecule has 3 nitrogen and oxygen atoms in total. The standard InChI is InChI=1S/C12H24N2O/c1-4-8-14-9-6-11(7-10-14)13(3)12(15)5-2/h11H,4-10H2,1-3H3. The molecule has 0 aromatic rings. The van der Waals surface area contributed by atoms with Crippen molar-refractivity contribution in [2.45, 2.75) is 45.6 Å². The van der Waals surface area contributed by atoms with E-state index in [1.807, 2.05) is 18.9 Å². The van der Waals surface area contributed by atoms with Crippen LogP contribution >= 0.6 is 0 Å². The molecule has 0 aromatic heterocycles. The Kier molecular flexibility index (Phi) is 5.09. The second-order valence-corrected chi connectivity index (χ2v) is 4.43. The summed E-state index contributed by atoms with van der Waals surface area (Å²) >= 11 is 0. The third-order valence-electron chi connectivity index (χ3n) is 3.34. The van der Waals surface area contributed by atoms with Crippen LogP contribution in [-0.2, 0) is 4.79 Å². The molecule has 15 heavy (non-hydrogen) atoms. The van der Waals surface area contributed by atoms with Crippen molar-refractivity contribution in [3.05, 3.63) is 0 Å². The highest BCUT2D eigenvalue weighted by Crippen LogP contribution is 2.16. The van der Waals surface area contributed by atoms with Gasteiger partial charge in [0.25, 0.3) is 0 Å². The molecular formula is C12H24N2O. The van der Waals surface area contributed by atoms with Gasteiger partial charge in [-0.2, -0.15) is 0 Å². The van der Waals surface area contributed by atoms with E-state index in [9.17, 15) is 4.79 Å². The monoisotopic (exact) mass is 212 g/mol. The van der Waals surface area contributed by atoms with Crippen LogP contribution in [0, 0.1) is 0 Å². The molecule has 1 saturated heterocycles. The largest absolute Gasteiger partial charge is 0.343 e. The SMILES string of the molecule is CCCN1CCC(N(C)C(=O)CC)CC1. The number of carbonyl (C=O) groups is 1. The Bertz CT molecular complexity index is 198. The predicted octanol–water partition coefficient (Wildman–Crippen LogP) is 1.73. The first kappa shape index (κ1) is 12.5. The zero-order valence-corrected chi connectivity index (χ0v) is 10.3. The summed E-state index contributed by atoms with van der Waals surface area (Å²) in [7, 11) is 1.95. The van der Waals surface area contributed by atoms with E-state index in [1.165, 1.54) is 13.0 Å². The van der Waals surface area contributed by atoms with E-state index in [2.05, 4.69) is 11.8 Å². The maximum absolute atomic E-state index is 11.5. The summed E-state index contributed by atoms with van der Waals surface area (Å²) in [6.07, 6.45) is 4.14. The Morgan fingerprint density at radius 3 is 2.40 bits per heavy atom. The average molecular weight is 212 g/mol. The van der Waals surface area contributed by atoms with Crippen LogP contribution in [0.3, 0.4) is 0 Å². The first-order valence-corrected chi connectivity index (χ1v) is 6.17. The summed E-state index contributed by atoms with van der Waals surface area (Å²) in [4.78, 5) is 16.0. The highest BCUT2D eigenvalue weighted by molar-refractivity contribution is 5.75. The molecule has 0 bridgehead atoms. The minimum absolute atomic E-state index is 0.281. The maximum atomic E-state index is 11.5. The van der Waals surface area contributed by atoms with Crippen LogP contribution in [0.5, 0.6) is 0 Å². The fourth-order valence-electron chi connectivity index (χ4n) is 2.30. The second-order valence-electron chi connectivity index (χ2n) is 4.43. The van der Waals surface area contributed by atoms with Crippen LogP contribution < -0.4 is 0 Å². The number of amides is 1. The van der Waals surface area contributed by atoms with Gasteiger partial charge in [0.05, 0.1) is 0 Å². The molecule has 88 valence electrons. The third-order valence-corrected chi connectivity index (χ3v) is 3.34. The summed E-state index contributed by atoms with van der Waals surface area (Å²) in [5.74, 6) is 0.281. The van der Waals surface area contributed by atoms with Crippen LogP contribution in [0.2, 0.25) is 0 Å². The van der Waals surface area contributed by atoms with Crippen LogP contribution in [0.15, 0.2) is 0 Å². The van der Waals surface area contributed by atoms with Crippen LogP contribution in [0.4, 0.5) is 0 Å². The first-order chi connectivity index (χ1) is 7.19. The molecule has 3 heteroatoms.